The Labute approximate surface area is 98.4 Å². The average Bonchev–Trinajstić information content (AvgIpc) is 2.46. The first-order valence-electron chi connectivity index (χ1n) is 4.82. The Balaban J connectivity index is 2.38. The first-order chi connectivity index (χ1) is 7.52. The number of carbonyl (C=O) groups is 2. The van der Waals surface area contributed by atoms with Crippen molar-refractivity contribution in [3.63, 3.8) is 0 Å². The fourth-order valence-corrected chi connectivity index (χ4v) is 1.93. The van der Waals surface area contributed by atoms with Gasteiger partial charge in [-0.25, -0.2) is 4.79 Å². The van der Waals surface area contributed by atoms with E-state index in [1.165, 1.54) is 11.9 Å². The van der Waals surface area contributed by atoms with Crippen LogP contribution in [-0.2, 0) is 4.79 Å². The topological polar surface area (TPSA) is 40.6 Å². The molecule has 0 aromatic heterocycles. The quantitative estimate of drug-likeness (QED) is 0.702. The van der Waals surface area contributed by atoms with Crippen molar-refractivity contribution >= 4 is 23.5 Å². The maximum absolute atomic E-state index is 11.8. The molecule has 0 aliphatic carbocycles. The molecule has 3 amide bonds. The SMILES string of the molecule is CN1C(=O)C(c2ccc(Cl)cc2)N(C)C1=O. The Morgan fingerprint density at radius 1 is 1.12 bits per heavy atom. The van der Waals surface area contributed by atoms with Crippen LogP contribution in [0.4, 0.5) is 4.79 Å². The summed E-state index contributed by atoms with van der Waals surface area (Å²) < 4.78 is 0. The number of carbonyl (C=O) groups excluding carboxylic acids is 2. The number of rotatable bonds is 1. The summed E-state index contributed by atoms with van der Waals surface area (Å²) in [5, 5.41) is 0.608. The molecule has 16 heavy (non-hydrogen) atoms. The normalized spacial score (nSPS) is 20.8. The number of nitrogens with zero attached hydrogens (tertiary/aromatic N) is 2. The predicted octanol–water partition coefficient (Wildman–Crippen LogP) is 1.90. The highest BCUT2D eigenvalue weighted by Gasteiger charge is 2.41. The summed E-state index contributed by atoms with van der Waals surface area (Å²) in [5.74, 6) is -0.213. The van der Waals surface area contributed by atoms with E-state index in [4.69, 9.17) is 11.6 Å². The van der Waals surface area contributed by atoms with E-state index in [0.29, 0.717) is 5.02 Å². The van der Waals surface area contributed by atoms with Gasteiger partial charge >= 0.3 is 6.03 Å². The van der Waals surface area contributed by atoms with Gasteiger partial charge in [0.1, 0.15) is 6.04 Å². The van der Waals surface area contributed by atoms with Crippen LogP contribution in [0.25, 0.3) is 0 Å². The minimum Gasteiger partial charge on any atom is -0.311 e. The second-order valence-corrected chi connectivity index (χ2v) is 4.18. The molecule has 1 aliphatic heterocycles. The van der Waals surface area contributed by atoms with Gasteiger partial charge in [-0.3, -0.25) is 9.69 Å². The van der Waals surface area contributed by atoms with E-state index in [0.717, 1.165) is 10.5 Å². The highest BCUT2D eigenvalue weighted by molar-refractivity contribution is 6.30. The number of halogens is 1. The second-order valence-electron chi connectivity index (χ2n) is 3.74. The fourth-order valence-electron chi connectivity index (χ4n) is 1.80. The molecule has 1 unspecified atom stereocenters. The molecular formula is C11H11ClN2O2. The second kappa shape index (κ2) is 3.79. The Morgan fingerprint density at radius 3 is 2.12 bits per heavy atom. The zero-order chi connectivity index (χ0) is 11.9. The highest BCUT2D eigenvalue weighted by Crippen LogP contribution is 2.29. The van der Waals surface area contributed by atoms with Crippen LogP contribution in [0.5, 0.6) is 0 Å². The maximum atomic E-state index is 11.8. The van der Waals surface area contributed by atoms with Crippen molar-refractivity contribution in [3.8, 4) is 0 Å². The van der Waals surface area contributed by atoms with Crippen molar-refractivity contribution in [2.75, 3.05) is 14.1 Å². The van der Waals surface area contributed by atoms with E-state index in [1.807, 2.05) is 0 Å². The van der Waals surface area contributed by atoms with Crippen LogP contribution in [0.1, 0.15) is 11.6 Å². The third kappa shape index (κ3) is 1.55. The third-order valence-electron chi connectivity index (χ3n) is 2.73. The molecule has 1 atom stereocenters. The molecular weight excluding hydrogens is 228 g/mol. The van der Waals surface area contributed by atoms with Crippen LogP contribution in [-0.4, -0.2) is 35.8 Å². The number of amides is 3. The summed E-state index contributed by atoms with van der Waals surface area (Å²) in [7, 11) is 3.10. The van der Waals surface area contributed by atoms with Crippen molar-refractivity contribution in [3.05, 3.63) is 34.9 Å². The Bertz CT molecular complexity index is 444. The summed E-state index contributed by atoms with van der Waals surface area (Å²) in [4.78, 5) is 26.0. The van der Waals surface area contributed by atoms with Gasteiger partial charge in [-0.15, -0.1) is 0 Å². The first kappa shape index (κ1) is 11.0. The molecule has 1 aromatic carbocycles. The zero-order valence-corrected chi connectivity index (χ0v) is 9.73. The van der Waals surface area contributed by atoms with Crippen molar-refractivity contribution in [2.24, 2.45) is 0 Å². The van der Waals surface area contributed by atoms with E-state index in [1.54, 1.807) is 31.3 Å². The molecule has 2 rings (SSSR count). The first-order valence-corrected chi connectivity index (χ1v) is 5.20. The van der Waals surface area contributed by atoms with Gasteiger partial charge in [0.25, 0.3) is 5.91 Å². The molecule has 1 aliphatic rings. The van der Waals surface area contributed by atoms with E-state index < -0.39 is 6.04 Å². The Morgan fingerprint density at radius 2 is 1.69 bits per heavy atom. The summed E-state index contributed by atoms with van der Waals surface area (Å²) >= 11 is 5.77. The van der Waals surface area contributed by atoms with Crippen molar-refractivity contribution < 1.29 is 9.59 Å². The lowest BCUT2D eigenvalue weighted by Gasteiger charge is -2.16. The summed E-state index contributed by atoms with van der Waals surface area (Å²) in [5.41, 5.74) is 0.773. The van der Waals surface area contributed by atoms with E-state index in [2.05, 4.69) is 0 Å². The van der Waals surface area contributed by atoms with Gasteiger partial charge in [0, 0.05) is 19.1 Å². The number of hydrogen-bond donors (Lipinski definition) is 0. The van der Waals surface area contributed by atoms with Crippen molar-refractivity contribution in [1.82, 2.24) is 9.80 Å². The molecule has 1 fully saturated rings. The van der Waals surface area contributed by atoms with Crippen molar-refractivity contribution in [2.45, 2.75) is 6.04 Å². The summed E-state index contributed by atoms with van der Waals surface area (Å²) in [6.07, 6.45) is 0. The lowest BCUT2D eigenvalue weighted by atomic mass is 10.1. The van der Waals surface area contributed by atoms with Gasteiger partial charge in [-0.2, -0.15) is 0 Å². The minimum atomic E-state index is -0.533. The molecule has 1 heterocycles. The molecule has 84 valence electrons. The van der Waals surface area contributed by atoms with Gasteiger partial charge in [0.05, 0.1) is 0 Å². The lowest BCUT2D eigenvalue weighted by Crippen LogP contribution is -2.27. The van der Waals surface area contributed by atoms with Crippen LogP contribution < -0.4 is 0 Å². The molecule has 0 N–H and O–H groups in total. The highest BCUT2D eigenvalue weighted by atomic mass is 35.5. The Hall–Kier alpha value is -1.55. The zero-order valence-electron chi connectivity index (χ0n) is 8.98. The number of urea groups is 1. The Kier molecular flexibility index (Phi) is 2.59. The van der Waals surface area contributed by atoms with E-state index in [9.17, 15) is 9.59 Å². The van der Waals surface area contributed by atoms with E-state index in [-0.39, 0.29) is 11.9 Å². The smallest absolute Gasteiger partial charge is 0.311 e. The van der Waals surface area contributed by atoms with Gasteiger partial charge in [0.15, 0.2) is 0 Å². The van der Waals surface area contributed by atoms with Gasteiger partial charge < -0.3 is 4.90 Å². The van der Waals surface area contributed by atoms with Crippen LogP contribution in [0, 0.1) is 0 Å². The molecule has 0 radical (unpaired) electrons. The number of imide groups is 1. The average molecular weight is 239 g/mol. The predicted molar refractivity (Wildman–Crippen MR) is 60.1 cm³/mol. The molecule has 1 aromatic rings. The summed E-state index contributed by atoms with van der Waals surface area (Å²) in [6, 6.07) is 6.11. The lowest BCUT2D eigenvalue weighted by molar-refractivity contribution is -0.127. The molecule has 1 saturated heterocycles. The van der Waals surface area contributed by atoms with Crippen LogP contribution in [0.15, 0.2) is 24.3 Å². The maximum Gasteiger partial charge on any atom is 0.327 e. The largest absolute Gasteiger partial charge is 0.327 e. The molecule has 0 spiro atoms. The van der Waals surface area contributed by atoms with Gasteiger partial charge in [-0.1, -0.05) is 23.7 Å². The van der Waals surface area contributed by atoms with Crippen LogP contribution >= 0.6 is 11.6 Å². The molecule has 5 heteroatoms. The molecule has 4 nitrogen and oxygen atoms in total. The van der Waals surface area contributed by atoms with Gasteiger partial charge in [0.2, 0.25) is 0 Å². The molecule has 0 bridgehead atoms. The fraction of sp³-hybridized carbons (Fsp3) is 0.273. The number of hydrogen-bond acceptors (Lipinski definition) is 2. The summed E-state index contributed by atoms with van der Waals surface area (Å²) in [6.45, 7) is 0. The minimum absolute atomic E-state index is 0.213. The van der Waals surface area contributed by atoms with Crippen molar-refractivity contribution in [1.29, 1.82) is 0 Å². The number of benzene rings is 1. The van der Waals surface area contributed by atoms with Gasteiger partial charge in [-0.05, 0) is 17.7 Å². The third-order valence-corrected chi connectivity index (χ3v) is 2.98. The van der Waals surface area contributed by atoms with E-state index >= 15 is 0 Å². The van der Waals surface area contributed by atoms with Crippen LogP contribution in [0.3, 0.4) is 0 Å². The number of likely N-dealkylation sites (N-methyl/N-ethyl adjacent to an activating group) is 2. The monoisotopic (exact) mass is 238 g/mol. The standard InChI is InChI=1S/C11H11ClN2O2/c1-13-9(10(15)14(2)11(13)16)7-3-5-8(12)6-4-7/h3-6,9H,1-2H3. The van der Waals surface area contributed by atoms with Crippen LogP contribution in [0.2, 0.25) is 5.02 Å². The molecule has 0 saturated carbocycles.